The molecule has 5 rings (SSSR count). The first-order valence-corrected chi connectivity index (χ1v) is 24.4. The van der Waals surface area contributed by atoms with Gasteiger partial charge < -0.3 is 0 Å². The summed E-state index contributed by atoms with van der Waals surface area (Å²) in [5.41, 5.74) is 6.39. The summed E-state index contributed by atoms with van der Waals surface area (Å²) in [6.07, 6.45) is 17.1. The summed E-state index contributed by atoms with van der Waals surface area (Å²) in [7, 11) is 0. The molecule has 0 saturated carbocycles. The molecule has 5 aromatic heterocycles. The molecule has 0 radical (unpaired) electrons. The van der Waals surface area contributed by atoms with Crippen molar-refractivity contribution in [1.29, 1.82) is 21.0 Å². The van der Waals surface area contributed by atoms with Crippen LogP contribution in [0.3, 0.4) is 0 Å². The molecule has 0 saturated heterocycles. The molecule has 4 nitrogen and oxygen atoms in total. The van der Waals surface area contributed by atoms with Gasteiger partial charge in [-0.05, 0) is 0 Å². The van der Waals surface area contributed by atoms with Gasteiger partial charge in [-0.1, -0.05) is 0 Å². The summed E-state index contributed by atoms with van der Waals surface area (Å²) in [6, 6.07) is 21.5. The number of thiophene rings is 3. The SMILES string of the molecule is CCCCc1c(-c2ccc(-c3sc(-c4ccc(C=C(C#N)C#N)[se]4)c(CCCC)c3CCCC)s2)sc(-c2ccc(C=C(C#N)C#N)[se]2)c1CCCC. The van der Waals surface area contributed by atoms with Crippen molar-refractivity contribution in [2.45, 2.75) is 105 Å². The van der Waals surface area contributed by atoms with Crippen LogP contribution in [-0.4, -0.2) is 29.0 Å². The molecule has 53 heavy (non-hydrogen) atoms. The Balaban J connectivity index is 1.64. The van der Waals surface area contributed by atoms with Crippen LogP contribution in [0, 0.1) is 45.3 Å². The molecule has 5 heterocycles. The second-order valence-corrected chi connectivity index (χ2v) is 20.8. The van der Waals surface area contributed by atoms with Crippen LogP contribution < -0.4 is 0 Å². The molecule has 5 aromatic rings. The predicted molar refractivity (Wildman–Crippen MR) is 229 cm³/mol. The van der Waals surface area contributed by atoms with E-state index in [2.05, 4.69) is 64.1 Å². The molecule has 0 fully saturated rings. The Morgan fingerprint density at radius 1 is 0.491 bits per heavy atom. The first-order chi connectivity index (χ1) is 25.9. The van der Waals surface area contributed by atoms with E-state index in [4.69, 9.17) is 0 Å². The topological polar surface area (TPSA) is 95.2 Å². The van der Waals surface area contributed by atoms with Crippen molar-refractivity contribution in [3.8, 4) is 62.4 Å². The van der Waals surface area contributed by atoms with Crippen molar-refractivity contribution in [3.05, 3.63) is 78.7 Å². The van der Waals surface area contributed by atoms with Crippen LogP contribution in [0.2, 0.25) is 0 Å². The van der Waals surface area contributed by atoms with Crippen molar-refractivity contribution in [3.63, 3.8) is 0 Å². The van der Waals surface area contributed by atoms with Crippen LogP contribution in [-0.2, 0) is 25.7 Å². The number of hydrogen-bond acceptors (Lipinski definition) is 7. The van der Waals surface area contributed by atoms with Crippen molar-refractivity contribution < 1.29 is 0 Å². The predicted octanol–water partition coefficient (Wildman–Crippen LogP) is 12.9. The third-order valence-corrected chi connectivity index (χ3v) is 18.2. The molecule has 0 aliphatic carbocycles. The van der Waals surface area contributed by atoms with Crippen LogP contribution in [0.4, 0.5) is 0 Å². The van der Waals surface area contributed by atoms with E-state index in [1.807, 2.05) is 58.3 Å². The van der Waals surface area contributed by atoms with Gasteiger partial charge in [0.2, 0.25) is 0 Å². The van der Waals surface area contributed by atoms with Crippen LogP contribution >= 0.6 is 34.0 Å². The van der Waals surface area contributed by atoms with Gasteiger partial charge in [0.25, 0.3) is 0 Å². The Labute approximate surface area is 339 Å². The standard InChI is InChI=1S/C44H44N4S3Se2/c1-5-9-13-33-35(15-11-7-3)43(39-21-17-31(52-39)23-29(25-45)26-46)50-41(33)37-19-20-38(49-37)42-34(14-10-6-2)36(16-12-8-4)44(51-42)40-22-18-32(53-40)24-30(27-47)28-48/h17-24H,5-16H2,1-4H3. The minimum absolute atomic E-state index is 0.0484. The zero-order valence-electron chi connectivity index (χ0n) is 30.9. The van der Waals surface area contributed by atoms with Crippen LogP contribution in [0.15, 0.2) is 47.5 Å². The Hall–Kier alpha value is -3.46. The van der Waals surface area contributed by atoms with Gasteiger partial charge in [-0.2, -0.15) is 0 Å². The van der Waals surface area contributed by atoms with E-state index in [9.17, 15) is 21.0 Å². The maximum atomic E-state index is 9.37. The monoisotopic (exact) mass is 884 g/mol. The fourth-order valence-corrected chi connectivity index (χ4v) is 15.1. The molecular weight excluding hydrogens is 839 g/mol. The van der Waals surface area contributed by atoms with E-state index in [0.29, 0.717) is 0 Å². The summed E-state index contributed by atoms with van der Waals surface area (Å²) < 4.78 is 4.87. The number of hydrogen-bond donors (Lipinski definition) is 0. The summed E-state index contributed by atoms with van der Waals surface area (Å²) in [6.45, 7) is 9.09. The fourth-order valence-electron chi connectivity index (χ4n) is 6.42. The van der Waals surface area contributed by atoms with Gasteiger partial charge in [0.05, 0.1) is 0 Å². The summed E-state index contributed by atoms with van der Waals surface area (Å²) >= 11 is 5.96. The number of unbranched alkanes of at least 4 members (excludes halogenated alkanes) is 4. The molecule has 0 N–H and O–H groups in total. The maximum absolute atomic E-state index is 9.37. The fraction of sp³-hybridized carbons (Fsp3) is 0.364. The first kappa shape index (κ1) is 40.7. The number of nitriles is 4. The molecule has 9 heteroatoms. The average Bonchev–Trinajstić information content (AvgIpc) is 4.02. The molecule has 0 aromatic carbocycles. The van der Waals surface area contributed by atoms with Gasteiger partial charge in [0, 0.05) is 0 Å². The zero-order chi connectivity index (χ0) is 37.7. The van der Waals surface area contributed by atoms with Crippen LogP contribution in [0.25, 0.3) is 50.3 Å². The van der Waals surface area contributed by atoms with E-state index in [0.717, 1.165) is 85.9 Å². The van der Waals surface area contributed by atoms with E-state index in [-0.39, 0.29) is 40.2 Å². The molecule has 0 unspecified atom stereocenters. The minimum atomic E-state index is 0.0484. The van der Waals surface area contributed by atoms with E-state index in [1.165, 1.54) is 60.4 Å². The molecule has 270 valence electrons. The second kappa shape index (κ2) is 20.3. The van der Waals surface area contributed by atoms with Gasteiger partial charge in [0.15, 0.2) is 0 Å². The van der Waals surface area contributed by atoms with E-state index in [1.54, 1.807) is 12.2 Å². The van der Waals surface area contributed by atoms with Crippen molar-refractivity contribution in [2.24, 2.45) is 0 Å². The van der Waals surface area contributed by atoms with Crippen molar-refractivity contribution in [1.82, 2.24) is 0 Å². The zero-order valence-corrected chi connectivity index (χ0v) is 36.8. The average molecular weight is 883 g/mol. The van der Waals surface area contributed by atoms with Crippen LogP contribution in [0.1, 0.15) is 110 Å². The van der Waals surface area contributed by atoms with Gasteiger partial charge in [-0.15, -0.1) is 0 Å². The summed E-state index contributed by atoms with van der Waals surface area (Å²) in [4.78, 5) is 8.33. The number of nitrogens with zero attached hydrogens (tertiary/aromatic N) is 4. The Bertz CT molecular complexity index is 2070. The Morgan fingerprint density at radius 3 is 1.15 bits per heavy atom. The number of rotatable bonds is 18. The van der Waals surface area contributed by atoms with E-state index >= 15 is 0 Å². The molecule has 0 aliphatic heterocycles. The second-order valence-electron chi connectivity index (χ2n) is 13.0. The third kappa shape index (κ3) is 9.81. The number of allylic oxidation sites excluding steroid dienone is 2. The molecule has 0 aliphatic rings. The molecule has 0 bridgehead atoms. The molecular formula is C44H44N4S3Se2. The third-order valence-electron chi connectivity index (χ3n) is 9.16. The molecule has 0 spiro atoms. The van der Waals surface area contributed by atoms with Gasteiger partial charge in [-0.25, -0.2) is 0 Å². The molecule has 0 amide bonds. The molecule has 0 atom stereocenters. The van der Waals surface area contributed by atoms with Gasteiger partial charge in [0.1, 0.15) is 0 Å². The normalized spacial score (nSPS) is 10.7. The summed E-state index contributed by atoms with van der Waals surface area (Å²) in [5, 5.41) is 37.5. The Morgan fingerprint density at radius 2 is 0.830 bits per heavy atom. The summed E-state index contributed by atoms with van der Waals surface area (Å²) in [5.74, 6) is 0. The van der Waals surface area contributed by atoms with E-state index < -0.39 is 0 Å². The van der Waals surface area contributed by atoms with Gasteiger partial charge in [-0.3, -0.25) is 0 Å². The Kier molecular flexibility index (Phi) is 15.6. The van der Waals surface area contributed by atoms with Crippen LogP contribution in [0.5, 0.6) is 0 Å². The first-order valence-electron chi connectivity index (χ1n) is 18.6. The van der Waals surface area contributed by atoms with Crippen molar-refractivity contribution >= 4 is 75.2 Å². The van der Waals surface area contributed by atoms with Gasteiger partial charge >= 0.3 is 342 Å². The quantitative estimate of drug-likeness (QED) is 0.0647. The van der Waals surface area contributed by atoms with Crippen molar-refractivity contribution in [2.75, 3.05) is 0 Å².